The molecule has 1 aliphatic carbocycles. The Labute approximate surface area is 114 Å². The first kappa shape index (κ1) is 12.5. The van der Waals surface area contributed by atoms with Crippen LogP contribution in [0.1, 0.15) is 46.1 Å². The van der Waals surface area contributed by atoms with Gasteiger partial charge in [-0.05, 0) is 40.9 Å². The van der Waals surface area contributed by atoms with Gasteiger partial charge in [-0.3, -0.25) is 5.10 Å². The Balaban J connectivity index is 2.07. The maximum atomic E-state index is 4.10. The van der Waals surface area contributed by atoms with Crippen LogP contribution >= 0.6 is 0 Å². The number of allylic oxidation sites excluding steroid dienone is 2. The Morgan fingerprint density at radius 2 is 1.95 bits per heavy atom. The number of nitrogens with zero attached hydrogens (tertiary/aromatic N) is 1. The number of hydrogen-bond donors (Lipinski definition) is 1. The molecule has 0 atom stereocenters. The van der Waals surface area contributed by atoms with E-state index in [-0.39, 0.29) is 5.41 Å². The Bertz CT molecular complexity index is 644. The third-order valence-electron chi connectivity index (χ3n) is 3.98. The fourth-order valence-electron chi connectivity index (χ4n) is 3.71. The molecule has 0 spiro atoms. The van der Waals surface area contributed by atoms with Gasteiger partial charge in [0.05, 0.1) is 11.7 Å². The number of nitrogens with one attached hydrogen (secondary N) is 1. The molecule has 0 saturated heterocycles. The summed E-state index contributed by atoms with van der Waals surface area (Å²) < 4.78 is 0. The Morgan fingerprint density at radius 3 is 2.68 bits per heavy atom. The Kier molecular flexibility index (Phi) is 2.60. The summed E-state index contributed by atoms with van der Waals surface area (Å²) >= 11 is 0. The van der Waals surface area contributed by atoms with E-state index in [4.69, 9.17) is 0 Å². The second-order valence-electron chi connectivity index (χ2n) is 7.35. The lowest BCUT2D eigenvalue weighted by Gasteiger charge is -2.39. The lowest BCUT2D eigenvalue weighted by molar-refractivity contribution is 0.229. The second-order valence-corrected chi connectivity index (χ2v) is 7.35. The van der Waals surface area contributed by atoms with Crippen LogP contribution in [0.3, 0.4) is 0 Å². The van der Waals surface area contributed by atoms with E-state index in [1.807, 2.05) is 6.20 Å². The molecule has 1 aromatic heterocycles. The first-order valence-electron chi connectivity index (χ1n) is 7.00. The minimum absolute atomic E-state index is 0.278. The van der Waals surface area contributed by atoms with Gasteiger partial charge in [-0.25, -0.2) is 0 Å². The second kappa shape index (κ2) is 3.96. The third kappa shape index (κ3) is 2.44. The molecule has 2 heteroatoms. The van der Waals surface area contributed by atoms with Crippen LogP contribution in [0.25, 0.3) is 16.5 Å². The van der Waals surface area contributed by atoms with Gasteiger partial charge in [-0.1, -0.05) is 45.9 Å². The van der Waals surface area contributed by atoms with E-state index in [1.54, 1.807) is 0 Å². The first-order chi connectivity index (χ1) is 8.85. The number of benzene rings is 1. The highest BCUT2D eigenvalue weighted by Crippen LogP contribution is 2.47. The van der Waals surface area contributed by atoms with Crippen molar-refractivity contribution in [1.29, 1.82) is 0 Å². The normalized spacial score (nSPS) is 21.4. The predicted octanol–water partition coefficient (Wildman–Crippen LogP) is 4.79. The average Bonchev–Trinajstić information content (AvgIpc) is 2.71. The van der Waals surface area contributed by atoms with Crippen molar-refractivity contribution in [3.63, 3.8) is 0 Å². The van der Waals surface area contributed by atoms with Crippen LogP contribution in [0.2, 0.25) is 0 Å². The topological polar surface area (TPSA) is 28.7 Å². The smallest absolute Gasteiger partial charge is 0.0656 e. The van der Waals surface area contributed by atoms with Gasteiger partial charge in [0.2, 0.25) is 0 Å². The lowest BCUT2D eigenvalue weighted by Crippen LogP contribution is -2.26. The van der Waals surface area contributed by atoms with Crippen LogP contribution in [-0.4, -0.2) is 10.2 Å². The van der Waals surface area contributed by atoms with Gasteiger partial charge in [0.25, 0.3) is 0 Å². The van der Waals surface area contributed by atoms with Crippen LogP contribution in [0.5, 0.6) is 0 Å². The summed E-state index contributed by atoms with van der Waals surface area (Å²) in [6.07, 6.45) is 6.73. The van der Waals surface area contributed by atoms with Crippen LogP contribution in [-0.2, 0) is 0 Å². The number of fused-ring (bicyclic) bond motifs is 1. The van der Waals surface area contributed by atoms with Crippen molar-refractivity contribution >= 4 is 16.5 Å². The average molecular weight is 254 g/mol. The number of H-pyrrole nitrogens is 1. The number of aromatic amines is 1. The molecule has 2 aromatic rings. The molecular weight excluding hydrogens is 232 g/mol. The minimum Gasteiger partial charge on any atom is -0.278 e. The van der Waals surface area contributed by atoms with Crippen molar-refractivity contribution in [1.82, 2.24) is 10.2 Å². The number of aromatic nitrogens is 2. The van der Waals surface area contributed by atoms with E-state index in [1.165, 1.54) is 22.9 Å². The quantitative estimate of drug-likeness (QED) is 0.778. The molecule has 0 saturated carbocycles. The van der Waals surface area contributed by atoms with Gasteiger partial charge in [0, 0.05) is 5.39 Å². The zero-order chi connectivity index (χ0) is 13.7. The van der Waals surface area contributed by atoms with Crippen LogP contribution in [0.4, 0.5) is 0 Å². The minimum atomic E-state index is 0.278. The summed E-state index contributed by atoms with van der Waals surface area (Å²) in [5, 5.41) is 8.34. The standard InChI is InChI=1S/C17H22N2/c1-16(2)8-14(9-17(3,4)11-16)12-5-6-13-10-18-19-15(13)7-12/h5-8,10H,9,11H2,1-4H3,(H,18,19). The van der Waals surface area contributed by atoms with Gasteiger partial charge in [-0.2, -0.15) is 5.10 Å². The molecule has 0 radical (unpaired) electrons. The van der Waals surface area contributed by atoms with Gasteiger partial charge >= 0.3 is 0 Å². The number of rotatable bonds is 1. The van der Waals surface area contributed by atoms with Crippen LogP contribution < -0.4 is 0 Å². The highest BCUT2D eigenvalue weighted by molar-refractivity contribution is 5.83. The molecule has 0 bridgehead atoms. The van der Waals surface area contributed by atoms with E-state index in [0.29, 0.717) is 5.41 Å². The van der Waals surface area contributed by atoms with Crippen molar-refractivity contribution in [3.8, 4) is 0 Å². The third-order valence-corrected chi connectivity index (χ3v) is 3.98. The summed E-state index contributed by atoms with van der Waals surface area (Å²) in [4.78, 5) is 0. The summed E-state index contributed by atoms with van der Waals surface area (Å²) in [5.41, 5.74) is 4.58. The van der Waals surface area contributed by atoms with Gasteiger partial charge < -0.3 is 0 Å². The van der Waals surface area contributed by atoms with Gasteiger partial charge in [-0.15, -0.1) is 0 Å². The van der Waals surface area contributed by atoms with Crippen molar-refractivity contribution < 1.29 is 0 Å². The summed E-state index contributed by atoms with van der Waals surface area (Å²) in [6, 6.07) is 6.61. The van der Waals surface area contributed by atoms with Gasteiger partial charge in [0.15, 0.2) is 0 Å². The molecule has 1 heterocycles. The number of hydrogen-bond acceptors (Lipinski definition) is 1. The summed E-state index contributed by atoms with van der Waals surface area (Å²) in [6.45, 7) is 9.41. The van der Waals surface area contributed by atoms with E-state index < -0.39 is 0 Å². The van der Waals surface area contributed by atoms with Crippen molar-refractivity contribution in [2.45, 2.75) is 40.5 Å². The van der Waals surface area contributed by atoms with E-state index in [2.05, 4.69) is 62.2 Å². The maximum absolute atomic E-state index is 4.10. The van der Waals surface area contributed by atoms with E-state index in [9.17, 15) is 0 Å². The monoisotopic (exact) mass is 254 g/mol. The Morgan fingerprint density at radius 1 is 1.16 bits per heavy atom. The fraction of sp³-hybridized carbons (Fsp3) is 0.471. The van der Waals surface area contributed by atoms with Crippen molar-refractivity contribution in [3.05, 3.63) is 36.0 Å². The largest absolute Gasteiger partial charge is 0.278 e. The Hall–Kier alpha value is -1.57. The molecule has 0 aliphatic heterocycles. The fourth-order valence-corrected chi connectivity index (χ4v) is 3.71. The zero-order valence-corrected chi connectivity index (χ0v) is 12.2. The first-order valence-corrected chi connectivity index (χ1v) is 7.00. The lowest BCUT2D eigenvalue weighted by atomic mass is 9.66. The van der Waals surface area contributed by atoms with Crippen LogP contribution in [0.15, 0.2) is 30.5 Å². The predicted molar refractivity (Wildman–Crippen MR) is 80.9 cm³/mol. The molecule has 100 valence electrons. The highest BCUT2D eigenvalue weighted by Gasteiger charge is 2.33. The zero-order valence-electron chi connectivity index (χ0n) is 12.2. The molecule has 0 fully saturated rings. The molecule has 2 nitrogen and oxygen atoms in total. The molecule has 19 heavy (non-hydrogen) atoms. The summed E-state index contributed by atoms with van der Waals surface area (Å²) in [5.74, 6) is 0. The molecule has 1 N–H and O–H groups in total. The molecule has 0 unspecified atom stereocenters. The molecule has 0 amide bonds. The van der Waals surface area contributed by atoms with E-state index in [0.717, 1.165) is 11.9 Å². The molecule has 1 aliphatic rings. The van der Waals surface area contributed by atoms with E-state index >= 15 is 0 Å². The molecular formula is C17H22N2. The highest BCUT2D eigenvalue weighted by atomic mass is 15.1. The van der Waals surface area contributed by atoms with Crippen molar-refractivity contribution in [2.24, 2.45) is 10.8 Å². The van der Waals surface area contributed by atoms with Crippen molar-refractivity contribution in [2.75, 3.05) is 0 Å². The molecule has 1 aromatic carbocycles. The maximum Gasteiger partial charge on any atom is 0.0656 e. The SMILES string of the molecule is CC1(C)C=C(c2ccc3cn[nH]c3c2)CC(C)(C)C1. The summed E-state index contributed by atoms with van der Waals surface area (Å²) in [7, 11) is 0. The van der Waals surface area contributed by atoms with Crippen LogP contribution in [0, 0.1) is 10.8 Å². The molecule has 3 rings (SSSR count). The van der Waals surface area contributed by atoms with Gasteiger partial charge in [0.1, 0.15) is 0 Å².